The molecule has 0 aliphatic carbocycles. The number of ether oxygens (including phenoxy) is 2. The molecule has 1 amide bonds. The Morgan fingerprint density at radius 3 is 2.20 bits per heavy atom. The average Bonchev–Trinajstić information content (AvgIpc) is 2.90. The fraction of sp³-hybridized carbons (Fsp3) is 0.500. The fourth-order valence-electron chi connectivity index (χ4n) is 3.85. The Kier molecular flexibility index (Phi) is 12.4. The van der Waals surface area contributed by atoms with Crippen molar-refractivity contribution < 1.29 is 23.5 Å². The molecule has 0 saturated carbocycles. The van der Waals surface area contributed by atoms with Crippen molar-refractivity contribution in [2.24, 2.45) is 5.73 Å². The van der Waals surface area contributed by atoms with E-state index in [1.807, 2.05) is 106 Å². The number of rotatable bonds is 9. The Morgan fingerprint density at radius 2 is 1.61 bits per heavy atom. The minimum absolute atomic E-state index is 0.00635. The van der Waals surface area contributed by atoms with E-state index in [9.17, 15) is 19.2 Å². The minimum atomic E-state index is -0.648. The van der Waals surface area contributed by atoms with Gasteiger partial charge in [-0.05, 0) is 106 Å². The summed E-state index contributed by atoms with van der Waals surface area (Å²) >= 11 is 0. The zero-order chi connectivity index (χ0) is 34.9. The van der Waals surface area contributed by atoms with Crippen molar-refractivity contribution in [1.29, 1.82) is 5.26 Å². The molecule has 0 radical (unpaired) electrons. The first kappa shape index (κ1) is 37.7. The summed E-state index contributed by atoms with van der Waals surface area (Å²) < 4.78 is 25.1. The number of alkyl carbamates (subject to hydrolysis) is 1. The molecule has 0 unspecified atom stereocenters. The normalized spacial score (nSPS) is 11.9. The van der Waals surface area contributed by atoms with E-state index in [2.05, 4.69) is 25.9 Å². The number of fused-ring (bicyclic) bond motifs is 1. The Bertz CT molecular complexity index is 1550. The lowest BCUT2D eigenvalue weighted by atomic mass is 9.98. The number of nitriles is 1. The van der Waals surface area contributed by atoms with E-state index < -0.39 is 34.2 Å². The topological polar surface area (TPSA) is 164 Å². The number of esters is 1. The number of nitrogens with two attached hydrogens (primary N) is 1. The SMILES string of the molecule is CC(C)(CCC(=O)OC(C)(C)C)Nc1nc(Nc2ccc3ncccc3c2)c(C#N)cc1F.CC(C)(N)CNC(=O)OC(C)(C)C. The maximum Gasteiger partial charge on any atom is 0.407 e. The molecular weight excluding hydrogens is 589 g/mol. The zero-order valence-electron chi connectivity index (χ0n) is 28.6. The summed E-state index contributed by atoms with van der Waals surface area (Å²) in [5, 5.41) is 19.2. The number of nitrogens with zero attached hydrogens (tertiary/aromatic N) is 3. The van der Waals surface area contributed by atoms with Crippen molar-refractivity contribution in [3.8, 4) is 6.07 Å². The number of hydrogen-bond donors (Lipinski definition) is 4. The molecule has 0 aliphatic rings. The summed E-state index contributed by atoms with van der Waals surface area (Å²) in [6, 6.07) is 12.4. The van der Waals surface area contributed by atoms with Crippen molar-refractivity contribution in [1.82, 2.24) is 15.3 Å². The summed E-state index contributed by atoms with van der Waals surface area (Å²) in [4.78, 5) is 31.8. The predicted octanol–water partition coefficient (Wildman–Crippen LogP) is 6.94. The maximum atomic E-state index is 14.7. The Balaban J connectivity index is 0.000000479. The second kappa shape index (κ2) is 15.2. The van der Waals surface area contributed by atoms with E-state index in [0.717, 1.165) is 17.0 Å². The molecular formula is C34H48FN7O4. The van der Waals surface area contributed by atoms with Crippen molar-refractivity contribution >= 4 is 40.3 Å². The van der Waals surface area contributed by atoms with Crippen LogP contribution in [0, 0.1) is 17.1 Å². The number of nitrogens with one attached hydrogen (secondary N) is 3. The van der Waals surface area contributed by atoms with Gasteiger partial charge in [0.1, 0.15) is 17.3 Å². The van der Waals surface area contributed by atoms with E-state index in [4.69, 9.17) is 15.2 Å². The predicted molar refractivity (Wildman–Crippen MR) is 179 cm³/mol. The van der Waals surface area contributed by atoms with E-state index in [1.54, 1.807) is 6.20 Å². The largest absolute Gasteiger partial charge is 0.460 e. The first-order chi connectivity index (χ1) is 21.1. The van der Waals surface area contributed by atoms with Gasteiger partial charge in [-0.3, -0.25) is 9.78 Å². The van der Waals surface area contributed by atoms with Gasteiger partial charge in [0.2, 0.25) is 0 Å². The van der Waals surface area contributed by atoms with Gasteiger partial charge in [-0.1, -0.05) is 6.07 Å². The first-order valence-electron chi connectivity index (χ1n) is 15.0. The van der Waals surface area contributed by atoms with Gasteiger partial charge in [0.05, 0.1) is 11.1 Å². The second-order valence-corrected chi connectivity index (χ2v) is 14.3. The number of halogens is 1. The number of carbonyl (C=O) groups is 2. The molecule has 5 N–H and O–H groups in total. The molecule has 0 spiro atoms. The quantitative estimate of drug-likeness (QED) is 0.181. The molecule has 0 fully saturated rings. The van der Waals surface area contributed by atoms with Crippen molar-refractivity contribution in [3.05, 3.63) is 54.0 Å². The summed E-state index contributed by atoms with van der Waals surface area (Å²) in [5.74, 6) is -0.746. The third kappa shape index (κ3) is 14.1. The maximum absolute atomic E-state index is 14.7. The third-order valence-corrected chi connectivity index (χ3v) is 5.88. The first-order valence-corrected chi connectivity index (χ1v) is 15.0. The summed E-state index contributed by atoms with van der Waals surface area (Å²) in [6.07, 6.45) is 1.87. The van der Waals surface area contributed by atoms with Gasteiger partial charge in [0.25, 0.3) is 0 Å². The highest BCUT2D eigenvalue weighted by molar-refractivity contribution is 5.83. The molecule has 0 bridgehead atoms. The number of anilines is 3. The molecule has 0 aliphatic heterocycles. The molecule has 3 aromatic rings. The van der Waals surface area contributed by atoms with E-state index >= 15 is 0 Å². The third-order valence-electron chi connectivity index (χ3n) is 5.88. The second-order valence-electron chi connectivity index (χ2n) is 14.3. The molecule has 11 nitrogen and oxygen atoms in total. The van der Waals surface area contributed by atoms with Crippen molar-refractivity contribution in [2.75, 3.05) is 17.2 Å². The Hall–Kier alpha value is -4.50. The molecule has 250 valence electrons. The molecule has 1 aromatic carbocycles. The molecule has 46 heavy (non-hydrogen) atoms. The van der Waals surface area contributed by atoms with Crippen LogP contribution >= 0.6 is 0 Å². The van der Waals surface area contributed by atoms with Gasteiger partial charge < -0.3 is 31.2 Å². The number of amides is 1. The van der Waals surface area contributed by atoms with Crippen LogP contribution in [-0.4, -0.2) is 50.9 Å². The van der Waals surface area contributed by atoms with Crippen LogP contribution in [0.15, 0.2) is 42.6 Å². The van der Waals surface area contributed by atoms with Crippen LogP contribution in [0.2, 0.25) is 0 Å². The van der Waals surface area contributed by atoms with E-state index in [1.165, 1.54) is 0 Å². The number of benzene rings is 1. The molecule has 3 rings (SSSR count). The smallest absolute Gasteiger partial charge is 0.407 e. The number of pyridine rings is 2. The molecule has 2 heterocycles. The zero-order valence-corrected chi connectivity index (χ0v) is 28.6. The van der Waals surface area contributed by atoms with Crippen molar-refractivity contribution in [2.45, 2.75) is 104 Å². The van der Waals surface area contributed by atoms with Crippen LogP contribution < -0.4 is 21.7 Å². The summed E-state index contributed by atoms with van der Waals surface area (Å²) in [6.45, 7) is 18.7. The van der Waals surface area contributed by atoms with Gasteiger partial charge in [-0.15, -0.1) is 0 Å². The highest BCUT2D eigenvalue weighted by atomic mass is 19.1. The highest BCUT2D eigenvalue weighted by Gasteiger charge is 2.25. The number of hydrogen-bond acceptors (Lipinski definition) is 10. The molecule has 2 aromatic heterocycles. The molecule has 0 saturated heterocycles. The van der Waals surface area contributed by atoms with Crippen LogP contribution in [0.5, 0.6) is 0 Å². The summed E-state index contributed by atoms with van der Waals surface area (Å²) in [5.41, 5.74) is 5.22. The van der Waals surface area contributed by atoms with Crippen LogP contribution in [0.1, 0.15) is 87.6 Å². The Morgan fingerprint density at radius 1 is 0.957 bits per heavy atom. The lowest BCUT2D eigenvalue weighted by Gasteiger charge is -2.28. The monoisotopic (exact) mass is 637 g/mol. The van der Waals surface area contributed by atoms with Crippen LogP contribution in [0.3, 0.4) is 0 Å². The van der Waals surface area contributed by atoms with E-state index in [0.29, 0.717) is 18.7 Å². The minimum Gasteiger partial charge on any atom is -0.460 e. The van der Waals surface area contributed by atoms with Gasteiger partial charge >= 0.3 is 12.1 Å². The average molecular weight is 638 g/mol. The van der Waals surface area contributed by atoms with E-state index in [-0.39, 0.29) is 29.6 Å². The van der Waals surface area contributed by atoms with Gasteiger partial charge in [-0.25, -0.2) is 14.2 Å². The van der Waals surface area contributed by atoms with Gasteiger partial charge in [-0.2, -0.15) is 5.26 Å². The highest BCUT2D eigenvalue weighted by Crippen LogP contribution is 2.28. The lowest BCUT2D eigenvalue weighted by Crippen LogP contribution is -2.46. The Labute approximate surface area is 271 Å². The van der Waals surface area contributed by atoms with Crippen LogP contribution in [0.4, 0.5) is 26.5 Å². The number of aromatic nitrogens is 2. The standard InChI is InChI=1S/C25H28FN5O2.C9H20N2O2/c1-24(2,3)33-21(32)10-11-25(4,5)31-23-19(26)14-17(15-27)22(30-23)29-18-8-9-20-16(13-18)7-6-12-28-20;1-8(2,3)13-7(12)11-6-9(4,5)10/h6-9,12-14H,10-11H2,1-5H3,(H2,29,30,31);6,10H2,1-5H3,(H,11,12). The lowest BCUT2D eigenvalue weighted by molar-refractivity contribution is -0.155. The van der Waals surface area contributed by atoms with Crippen LogP contribution in [0.25, 0.3) is 10.9 Å². The van der Waals surface area contributed by atoms with Gasteiger partial charge in [0, 0.05) is 41.3 Å². The summed E-state index contributed by atoms with van der Waals surface area (Å²) in [7, 11) is 0. The molecule has 0 atom stereocenters. The fourth-order valence-corrected chi connectivity index (χ4v) is 3.85. The van der Waals surface area contributed by atoms with Gasteiger partial charge in [0.15, 0.2) is 17.5 Å². The molecule has 12 heteroatoms. The van der Waals surface area contributed by atoms with Crippen LogP contribution in [-0.2, 0) is 14.3 Å². The number of carbonyl (C=O) groups excluding carboxylic acids is 2. The van der Waals surface area contributed by atoms with Crippen molar-refractivity contribution in [3.63, 3.8) is 0 Å².